The van der Waals surface area contributed by atoms with E-state index in [1.54, 1.807) is 0 Å². The number of thiophene rings is 1. The lowest BCUT2D eigenvalue weighted by molar-refractivity contribution is 0.257. The van der Waals surface area contributed by atoms with Crippen LogP contribution in [0.1, 0.15) is 32.6 Å². The molecule has 3 nitrogen and oxygen atoms in total. The molecule has 1 saturated carbocycles. The highest BCUT2D eigenvalue weighted by molar-refractivity contribution is 9.11. The van der Waals surface area contributed by atoms with Crippen molar-refractivity contribution in [2.45, 2.75) is 36.8 Å². The third-order valence-corrected chi connectivity index (χ3v) is 8.08. The molecule has 1 aromatic heterocycles. The van der Waals surface area contributed by atoms with Crippen LogP contribution in [0.5, 0.6) is 0 Å². The Bertz CT molecular complexity index is 524. The summed E-state index contributed by atoms with van der Waals surface area (Å²) in [5.41, 5.74) is 0. The zero-order valence-electron chi connectivity index (χ0n) is 10.7. The number of rotatable bonds is 4. The molecule has 1 aromatic rings. The molecule has 1 N–H and O–H groups in total. The van der Waals surface area contributed by atoms with E-state index in [0.29, 0.717) is 27.2 Å². The summed E-state index contributed by atoms with van der Waals surface area (Å²) in [6, 6.07) is 1.49. The summed E-state index contributed by atoms with van der Waals surface area (Å²) in [5.74, 6) is 1.04. The van der Waals surface area contributed by atoms with Crippen molar-refractivity contribution in [1.29, 1.82) is 0 Å². The summed E-state index contributed by atoms with van der Waals surface area (Å²) in [6.07, 6.45) is 4.77. The van der Waals surface area contributed by atoms with Gasteiger partial charge in [0.2, 0.25) is 10.0 Å². The van der Waals surface area contributed by atoms with Gasteiger partial charge in [0.15, 0.2) is 0 Å². The molecule has 1 fully saturated rings. The zero-order chi connectivity index (χ0) is 14.0. The van der Waals surface area contributed by atoms with Gasteiger partial charge < -0.3 is 0 Å². The van der Waals surface area contributed by atoms with Crippen LogP contribution in [0.2, 0.25) is 5.02 Å². The van der Waals surface area contributed by atoms with E-state index >= 15 is 0 Å². The maximum atomic E-state index is 12.2. The lowest BCUT2D eigenvalue weighted by atomic mass is 9.81. The second-order valence-corrected chi connectivity index (χ2v) is 9.83. The molecule has 0 saturated heterocycles. The Labute approximate surface area is 131 Å². The zero-order valence-corrected chi connectivity index (χ0v) is 14.6. The van der Waals surface area contributed by atoms with Gasteiger partial charge in [-0.15, -0.1) is 11.3 Å². The first-order valence-corrected chi connectivity index (χ1v) is 9.81. The Morgan fingerprint density at radius 1 is 1.47 bits per heavy atom. The third kappa shape index (κ3) is 3.94. The van der Waals surface area contributed by atoms with Crippen molar-refractivity contribution in [3.63, 3.8) is 0 Å². The first kappa shape index (κ1) is 15.8. The van der Waals surface area contributed by atoms with E-state index in [1.807, 2.05) is 0 Å². The van der Waals surface area contributed by atoms with Crippen molar-refractivity contribution in [2.75, 3.05) is 6.54 Å². The van der Waals surface area contributed by atoms with E-state index in [-0.39, 0.29) is 4.21 Å². The molecule has 1 aliphatic carbocycles. The van der Waals surface area contributed by atoms with Crippen LogP contribution in [-0.4, -0.2) is 15.0 Å². The third-order valence-electron chi connectivity index (χ3n) is 3.71. The molecule has 1 heterocycles. The molecule has 2 atom stereocenters. The van der Waals surface area contributed by atoms with E-state index in [1.165, 1.54) is 25.3 Å². The quantitative estimate of drug-likeness (QED) is 0.840. The SMILES string of the molecule is CC1CCCCC1CNS(=O)(=O)c1cc(Cl)c(Br)s1. The molecule has 0 spiro atoms. The summed E-state index contributed by atoms with van der Waals surface area (Å²) in [5, 5.41) is 0.441. The lowest BCUT2D eigenvalue weighted by Crippen LogP contribution is -2.33. The number of hydrogen-bond acceptors (Lipinski definition) is 3. The molecule has 0 aromatic carbocycles. The van der Waals surface area contributed by atoms with Crippen molar-refractivity contribution in [1.82, 2.24) is 4.72 Å². The molecule has 19 heavy (non-hydrogen) atoms. The second kappa shape index (κ2) is 6.43. The molecule has 7 heteroatoms. The minimum absolute atomic E-state index is 0.271. The van der Waals surface area contributed by atoms with Gasteiger partial charge in [-0.3, -0.25) is 0 Å². The minimum atomic E-state index is -3.43. The van der Waals surface area contributed by atoms with Gasteiger partial charge in [0.25, 0.3) is 0 Å². The molecular formula is C12H17BrClNO2S2. The Balaban J connectivity index is 2.01. The van der Waals surface area contributed by atoms with Gasteiger partial charge in [-0.1, -0.05) is 37.8 Å². The summed E-state index contributed by atoms with van der Waals surface area (Å²) < 4.78 is 28.0. The van der Waals surface area contributed by atoms with Crippen LogP contribution >= 0.6 is 38.9 Å². The summed E-state index contributed by atoms with van der Waals surface area (Å²) >= 11 is 10.3. The smallest absolute Gasteiger partial charge is 0.210 e. The van der Waals surface area contributed by atoms with Gasteiger partial charge >= 0.3 is 0 Å². The van der Waals surface area contributed by atoms with Gasteiger partial charge in [0, 0.05) is 6.54 Å². The highest BCUT2D eigenvalue weighted by atomic mass is 79.9. The lowest BCUT2D eigenvalue weighted by Gasteiger charge is -2.28. The Kier molecular flexibility index (Phi) is 5.34. The van der Waals surface area contributed by atoms with E-state index in [4.69, 9.17) is 11.6 Å². The molecule has 108 valence electrons. The largest absolute Gasteiger partial charge is 0.250 e. The topological polar surface area (TPSA) is 46.2 Å². The molecule has 0 radical (unpaired) electrons. The number of hydrogen-bond donors (Lipinski definition) is 1. The molecule has 2 unspecified atom stereocenters. The fraction of sp³-hybridized carbons (Fsp3) is 0.667. The number of sulfonamides is 1. The normalized spacial score (nSPS) is 24.6. The van der Waals surface area contributed by atoms with E-state index in [2.05, 4.69) is 27.6 Å². The fourth-order valence-electron chi connectivity index (χ4n) is 2.44. The van der Waals surface area contributed by atoms with Crippen LogP contribution in [0.3, 0.4) is 0 Å². The maximum Gasteiger partial charge on any atom is 0.250 e. The molecule has 0 aliphatic heterocycles. The molecule has 1 aliphatic rings. The Morgan fingerprint density at radius 2 is 2.16 bits per heavy atom. The van der Waals surface area contributed by atoms with Crippen molar-refractivity contribution in [3.8, 4) is 0 Å². The average Bonchev–Trinajstić information content (AvgIpc) is 2.70. The van der Waals surface area contributed by atoms with Gasteiger partial charge in [-0.25, -0.2) is 13.1 Å². The van der Waals surface area contributed by atoms with Gasteiger partial charge in [0.05, 0.1) is 8.81 Å². The summed E-state index contributed by atoms with van der Waals surface area (Å²) in [7, 11) is -3.43. The highest BCUT2D eigenvalue weighted by Crippen LogP contribution is 2.35. The average molecular weight is 387 g/mol. The van der Waals surface area contributed by atoms with Gasteiger partial charge in [-0.2, -0.15) is 0 Å². The monoisotopic (exact) mass is 385 g/mol. The van der Waals surface area contributed by atoms with Crippen LogP contribution in [0.15, 0.2) is 14.1 Å². The maximum absolute atomic E-state index is 12.2. The standard InChI is InChI=1S/C12H17BrClNO2S2/c1-8-4-2-3-5-9(8)7-15-19(16,17)11-6-10(14)12(13)18-11/h6,8-9,15H,2-5,7H2,1H3. The van der Waals surface area contributed by atoms with E-state index in [0.717, 1.165) is 17.8 Å². The van der Waals surface area contributed by atoms with Crippen LogP contribution < -0.4 is 4.72 Å². The van der Waals surface area contributed by atoms with Crippen LogP contribution in [0, 0.1) is 11.8 Å². The molecular weight excluding hydrogens is 370 g/mol. The fourth-order valence-corrected chi connectivity index (χ4v) is 5.98. The van der Waals surface area contributed by atoms with Crippen molar-refractivity contribution in [3.05, 3.63) is 14.9 Å². The predicted octanol–water partition coefficient (Wildman–Crippen LogP) is 4.27. The van der Waals surface area contributed by atoms with E-state index in [9.17, 15) is 8.42 Å². The van der Waals surface area contributed by atoms with Crippen LogP contribution in [0.4, 0.5) is 0 Å². The van der Waals surface area contributed by atoms with Crippen molar-refractivity contribution in [2.24, 2.45) is 11.8 Å². The summed E-state index contributed by atoms with van der Waals surface area (Å²) in [6.45, 7) is 2.73. The van der Waals surface area contributed by atoms with Crippen molar-refractivity contribution >= 4 is 48.9 Å². The predicted molar refractivity (Wildman–Crippen MR) is 83.3 cm³/mol. The molecule has 0 bridgehead atoms. The first-order valence-electron chi connectivity index (χ1n) is 6.34. The van der Waals surface area contributed by atoms with Crippen LogP contribution in [0.25, 0.3) is 0 Å². The minimum Gasteiger partial charge on any atom is -0.210 e. The van der Waals surface area contributed by atoms with Crippen molar-refractivity contribution < 1.29 is 8.42 Å². The van der Waals surface area contributed by atoms with E-state index < -0.39 is 10.0 Å². The second-order valence-electron chi connectivity index (χ2n) is 5.06. The van der Waals surface area contributed by atoms with Gasteiger partial charge in [-0.05, 0) is 40.3 Å². The number of halogens is 2. The van der Waals surface area contributed by atoms with Gasteiger partial charge in [0.1, 0.15) is 4.21 Å². The van der Waals surface area contributed by atoms with Crippen LogP contribution in [-0.2, 0) is 10.0 Å². The number of nitrogens with one attached hydrogen (secondary N) is 1. The Hall–Kier alpha value is 0.380. The molecule has 0 amide bonds. The molecule has 2 rings (SSSR count). The highest BCUT2D eigenvalue weighted by Gasteiger charge is 2.25. The summed E-state index contributed by atoms with van der Waals surface area (Å²) in [4.78, 5) is 0. The first-order chi connectivity index (χ1) is 8.90. The Morgan fingerprint density at radius 3 is 2.74 bits per heavy atom.